The number of rotatable bonds is 3. The summed E-state index contributed by atoms with van der Waals surface area (Å²) in [5.41, 5.74) is 5.59. The number of hydrogen-bond acceptors (Lipinski definition) is 6. The maximum absolute atomic E-state index is 11.0. The molecule has 104 valence electrons. The van der Waals surface area contributed by atoms with Gasteiger partial charge >= 0.3 is 0 Å². The first kappa shape index (κ1) is 13.0. The zero-order chi connectivity index (χ0) is 14.3. The van der Waals surface area contributed by atoms with Gasteiger partial charge in [-0.1, -0.05) is 16.8 Å². The molecule has 1 saturated carbocycles. The van der Waals surface area contributed by atoms with Crippen LogP contribution < -0.4 is 5.73 Å². The van der Waals surface area contributed by atoms with Crippen LogP contribution in [0.1, 0.15) is 25.1 Å². The number of halogens is 1. The van der Waals surface area contributed by atoms with Gasteiger partial charge < -0.3 is 10.3 Å². The standard InChI is InChI=1S/C12H11ClN4O3/c13-7-2-3-9(17(18)19)8(6-7)10-15-11(16-20-10)12(14)4-1-5-12/h2-3,6H,1,4-5,14H2. The third-order valence-corrected chi connectivity index (χ3v) is 3.74. The van der Waals surface area contributed by atoms with Gasteiger partial charge in [0.15, 0.2) is 5.82 Å². The smallest absolute Gasteiger partial charge is 0.282 e. The van der Waals surface area contributed by atoms with E-state index in [1.54, 1.807) is 0 Å². The van der Waals surface area contributed by atoms with Crippen LogP contribution in [0.5, 0.6) is 0 Å². The molecule has 0 amide bonds. The Kier molecular flexibility index (Phi) is 2.95. The average Bonchev–Trinajstić information content (AvgIpc) is 2.85. The molecule has 20 heavy (non-hydrogen) atoms. The quantitative estimate of drug-likeness (QED) is 0.688. The van der Waals surface area contributed by atoms with E-state index in [-0.39, 0.29) is 17.1 Å². The highest BCUT2D eigenvalue weighted by molar-refractivity contribution is 6.31. The number of nitrogens with two attached hydrogens (primary N) is 1. The Hall–Kier alpha value is -1.99. The van der Waals surface area contributed by atoms with Crippen molar-refractivity contribution in [3.63, 3.8) is 0 Å². The monoisotopic (exact) mass is 294 g/mol. The largest absolute Gasteiger partial charge is 0.334 e. The number of nitro benzene ring substituents is 1. The van der Waals surface area contributed by atoms with Crippen LogP contribution in [-0.4, -0.2) is 15.1 Å². The van der Waals surface area contributed by atoms with Crippen molar-refractivity contribution in [2.45, 2.75) is 24.8 Å². The molecule has 3 rings (SSSR count). The Balaban J connectivity index is 2.05. The Labute approximate surface area is 118 Å². The fourth-order valence-corrected chi connectivity index (χ4v) is 2.33. The molecule has 0 bridgehead atoms. The van der Waals surface area contributed by atoms with E-state index in [1.165, 1.54) is 18.2 Å². The molecule has 0 spiro atoms. The molecule has 1 aliphatic carbocycles. The summed E-state index contributed by atoms with van der Waals surface area (Å²) in [5.74, 6) is 0.443. The van der Waals surface area contributed by atoms with Gasteiger partial charge in [-0.15, -0.1) is 0 Å². The highest BCUT2D eigenvalue weighted by Crippen LogP contribution is 2.38. The second-order valence-electron chi connectivity index (χ2n) is 4.85. The fraction of sp³-hybridized carbons (Fsp3) is 0.333. The molecule has 1 heterocycles. The second-order valence-corrected chi connectivity index (χ2v) is 5.29. The normalized spacial score (nSPS) is 16.7. The minimum atomic E-state index is -0.574. The molecule has 0 aliphatic heterocycles. The summed E-state index contributed by atoms with van der Waals surface area (Å²) in [6, 6.07) is 4.18. The molecule has 0 saturated heterocycles. The SMILES string of the molecule is NC1(c2noc(-c3cc(Cl)ccc3[N+](=O)[O-])n2)CCC1. The van der Waals surface area contributed by atoms with Crippen molar-refractivity contribution < 1.29 is 9.45 Å². The molecular formula is C12H11ClN4O3. The average molecular weight is 295 g/mol. The van der Waals surface area contributed by atoms with Crippen LogP contribution in [0.25, 0.3) is 11.5 Å². The van der Waals surface area contributed by atoms with Gasteiger partial charge in [0.2, 0.25) is 0 Å². The summed E-state index contributed by atoms with van der Waals surface area (Å²) in [6.07, 6.45) is 2.57. The molecule has 1 aromatic heterocycles. The van der Waals surface area contributed by atoms with Crippen LogP contribution in [0.2, 0.25) is 5.02 Å². The molecule has 1 aromatic carbocycles. The maximum atomic E-state index is 11.0. The zero-order valence-electron chi connectivity index (χ0n) is 10.4. The van der Waals surface area contributed by atoms with E-state index < -0.39 is 10.5 Å². The van der Waals surface area contributed by atoms with Crippen molar-refractivity contribution in [3.05, 3.63) is 39.2 Å². The molecule has 2 N–H and O–H groups in total. The van der Waals surface area contributed by atoms with Crippen molar-refractivity contribution >= 4 is 17.3 Å². The molecular weight excluding hydrogens is 284 g/mol. The zero-order valence-corrected chi connectivity index (χ0v) is 11.1. The van der Waals surface area contributed by atoms with Gasteiger partial charge in [-0.3, -0.25) is 10.1 Å². The molecule has 0 unspecified atom stereocenters. The second kappa shape index (κ2) is 4.53. The molecule has 1 fully saturated rings. The van der Waals surface area contributed by atoms with Gasteiger partial charge in [-0.05, 0) is 31.4 Å². The number of aromatic nitrogens is 2. The van der Waals surface area contributed by atoms with Gasteiger partial charge in [0.1, 0.15) is 5.56 Å². The summed E-state index contributed by atoms with van der Waals surface area (Å²) in [4.78, 5) is 14.7. The maximum Gasteiger partial charge on any atom is 0.282 e. The summed E-state index contributed by atoms with van der Waals surface area (Å²) >= 11 is 5.87. The highest BCUT2D eigenvalue weighted by atomic mass is 35.5. The first-order valence-corrected chi connectivity index (χ1v) is 6.45. The van der Waals surface area contributed by atoms with Crippen molar-refractivity contribution in [2.24, 2.45) is 5.73 Å². The molecule has 2 aromatic rings. The fourth-order valence-electron chi connectivity index (χ4n) is 2.16. The summed E-state index contributed by atoms with van der Waals surface area (Å²) in [6.45, 7) is 0. The van der Waals surface area contributed by atoms with Gasteiger partial charge in [-0.2, -0.15) is 4.98 Å². The van der Waals surface area contributed by atoms with Crippen LogP contribution in [0.4, 0.5) is 5.69 Å². The number of benzene rings is 1. The van der Waals surface area contributed by atoms with Gasteiger partial charge in [0, 0.05) is 11.1 Å². The lowest BCUT2D eigenvalue weighted by Crippen LogP contribution is -2.44. The molecule has 1 aliphatic rings. The van der Waals surface area contributed by atoms with Gasteiger partial charge in [0.05, 0.1) is 10.5 Å². The van der Waals surface area contributed by atoms with E-state index in [1.807, 2.05) is 0 Å². The topological polar surface area (TPSA) is 108 Å². The predicted octanol–water partition coefficient (Wildman–Crippen LogP) is 2.64. The number of hydrogen-bond donors (Lipinski definition) is 1. The predicted molar refractivity (Wildman–Crippen MR) is 71.1 cm³/mol. The van der Waals surface area contributed by atoms with Crippen LogP contribution in [0.15, 0.2) is 22.7 Å². The first-order valence-electron chi connectivity index (χ1n) is 6.07. The van der Waals surface area contributed by atoms with Gasteiger partial charge in [-0.25, -0.2) is 0 Å². The Morgan fingerprint density at radius 1 is 1.45 bits per heavy atom. The minimum absolute atomic E-state index is 0.0610. The lowest BCUT2D eigenvalue weighted by molar-refractivity contribution is -0.384. The molecule has 0 radical (unpaired) electrons. The lowest BCUT2D eigenvalue weighted by atomic mass is 9.77. The van der Waals surface area contributed by atoms with E-state index in [4.69, 9.17) is 21.9 Å². The summed E-state index contributed by atoms with van der Waals surface area (Å²) in [7, 11) is 0. The van der Waals surface area contributed by atoms with E-state index in [0.717, 1.165) is 19.3 Å². The van der Waals surface area contributed by atoms with E-state index in [0.29, 0.717) is 10.8 Å². The summed E-state index contributed by atoms with van der Waals surface area (Å²) in [5, 5.41) is 15.2. The third kappa shape index (κ3) is 2.04. The van der Waals surface area contributed by atoms with Gasteiger partial charge in [0.25, 0.3) is 11.6 Å². The third-order valence-electron chi connectivity index (χ3n) is 3.50. The number of nitrogens with zero attached hydrogens (tertiary/aromatic N) is 3. The van der Waals surface area contributed by atoms with Crippen LogP contribution in [0, 0.1) is 10.1 Å². The van der Waals surface area contributed by atoms with Crippen molar-refractivity contribution in [2.75, 3.05) is 0 Å². The van der Waals surface area contributed by atoms with Crippen molar-refractivity contribution in [3.8, 4) is 11.5 Å². The Morgan fingerprint density at radius 2 is 2.20 bits per heavy atom. The van der Waals surface area contributed by atoms with Crippen LogP contribution in [-0.2, 0) is 5.54 Å². The van der Waals surface area contributed by atoms with Crippen LogP contribution >= 0.6 is 11.6 Å². The lowest BCUT2D eigenvalue weighted by Gasteiger charge is -2.34. The highest BCUT2D eigenvalue weighted by Gasteiger charge is 2.39. The van der Waals surface area contributed by atoms with E-state index >= 15 is 0 Å². The van der Waals surface area contributed by atoms with E-state index in [9.17, 15) is 10.1 Å². The first-order chi connectivity index (χ1) is 9.49. The Bertz CT molecular complexity index is 681. The van der Waals surface area contributed by atoms with Crippen molar-refractivity contribution in [1.29, 1.82) is 0 Å². The van der Waals surface area contributed by atoms with Crippen molar-refractivity contribution in [1.82, 2.24) is 10.1 Å². The minimum Gasteiger partial charge on any atom is -0.334 e. The molecule has 8 heteroatoms. The number of nitro groups is 1. The molecule has 0 atom stereocenters. The van der Waals surface area contributed by atoms with E-state index in [2.05, 4.69) is 10.1 Å². The van der Waals surface area contributed by atoms with Crippen LogP contribution in [0.3, 0.4) is 0 Å². The summed E-state index contributed by atoms with van der Waals surface area (Å²) < 4.78 is 5.11. The molecule has 7 nitrogen and oxygen atoms in total. The Morgan fingerprint density at radius 3 is 2.80 bits per heavy atom.